The monoisotopic (exact) mass is 1120 g/mol. The zero-order chi connectivity index (χ0) is 56.9. The molecule has 3 unspecified atom stereocenters. The first-order valence-corrected chi connectivity index (χ1v) is 33.3. The highest BCUT2D eigenvalue weighted by molar-refractivity contribution is 7.47. The van der Waals surface area contributed by atoms with E-state index in [0.717, 1.165) is 109 Å². The minimum atomic E-state index is -4.76. The van der Waals surface area contributed by atoms with Gasteiger partial charge in [0.2, 0.25) is 0 Å². The molecule has 0 aromatic rings. The third kappa shape index (κ3) is 57.6. The topological polar surface area (TPSA) is 155 Å². The molecule has 0 heterocycles. The molecule has 0 aliphatic heterocycles. The number of carbonyl (C=O) groups is 3. The number of hydrogen-bond donors (Lipinski definition) is 2. The molecule has 0 aliphatic carbocycles. The quantitative estimate of drug-likeness (QED) is 0.0197. The van der Waals surface area contributed by atoms with E-state index >= 15 is 0 Å². The molecule has 0 amide bonds. The fourth-order valence-electron chi connectivity index (χ4n) is 8.79. The Kier molecular flexibility index (Phi) is 57.7. The summed E-state index contributed by atoms with van der Waals surface area (Å²) < 4.78 is 39.6. The van der Waals surface area contributed by atoms with Gasteiger partial charge in [0.25, 0.3) is 0 Å². The summed E-state index contributed by atoms with van der Waals surface area (Å²) in [4.78, 5) is 48.7. The van der Waals surface area contributed by atoms with Crippen molar-refractivity contribution < 1.29 is 52.2 Å². The summed E-state index contributed by atoms with van der Waals surface area (Å²) in [6, 6.07) is 0. The number of unbranched alkanes of at least 4 members (excludes halogenated alkanes) is 30. The summed E-state index contributed by atoms with van der Waals surface area (Å²) in [5.74, 6) is -1.50. The third-order valence-electron chi connectivity index (χ3n) is 13.6. The average Bonchev–Trinajstić information content (AvgIpc) is 3.43. The van der Waals surface area contributed by atoms with E-state index in [-0.39, 0.29) is 25.9 Å². The van der Waals surface area contributed by atoms with E-state index in [2.05, 4.69) is 93.7 Å². The first kappa shape index (κ1) is 74.9. The second kappa shape index (κ2) is 60.0. The fourth-order valence-corrected chi connectivity index (χ4v) is 9.57. The summed E-state index contributed by atoms with van der Waals surface area (Å²) in [6.07, 6.45) is 68.6. The summed E-state index contributed by atoms with van der Waals surface area (Å²) in [5.41, 5.74) is 0. The van der Waals surface area contributed by atoms with Gasteiger partial charge in [-0.05, 0) is 89.9 Å². The molecule has 78 heavy (non-hydrogen) atoms. The van der Waals surface area contributed by atoms with Crippen molar-refractivity contribution in [2.45, 2.75) is 303 Å². The largest absolute Gasteiger partial charge is 0.472 e. The standard InChI is InChI=1S/C66H117O11P/c1-4-7-10-13-16-19-22-25-27-29-31-33-35-38-40-43-46-49-52-55-64(68)73-59-63(77-66(70)57-54-51-48-45-42-39-36-34-32-30-28-26-23-20-17-14-11-8-5-2)61-75-78(71,72)74-60-62(58-67)76-65(69)56-53-50-47-44-41-37-24-21-18-15-12-9-6-3/h9,12,16,18-19,21,25,27,31,33,37,41,62-63,67H,4-8,10-11,13-15,17,20,22-24,26,28-30,32,34-36,38-40,42-61H2,1-3H3,(H,71,72)/b12-9-,19-16-,21-18-,27-25-,33-31-,41-37-. The van der Waals surface area contributed by atoms with E-state index in [1.165, 1.54) is 122 Å². The third-order valence-corrected chi connectivity index (χ3v) is 14.6. The van der Waals surface area contributed by atoms with E-state index in [4.69, 9.17) is 23.3 Å². The maximum atomic E-state index is 13.0. The van der Waals surface area contributed by atoms with Crippen molar-refractivity contribution in [3.05, 3.63) is 72.9 Å². The Morgan fingerprint density at radius 2 is 0.667 bits per heavy atom. The summed E-state index contributed by atoms with van der Waals surface area (Å²) >= 11 is 0. The molecule has 2 N–H and O–H groups in total. The van der Waals surface area contributed by atoms with Crippen LogP contribution >= 0.6 is 7.82 Å². The highest BCUT2D eigenvalue weighted by Gasteiger charge is 2.28. The normalized spacial score (nSPS) is 13.8. The predicted molar refractivity (Wildman–Crippen MR) is 325 cm³/mol. The first-order chi connectivity index (χ1) is 38.2. The van der Waals surface area contributed by atoms with E-state index in [1.807, 2.05) is 0 Å². The molecule has 0 aromatic carbocycles. The van der Waals surface area contributed by atoms with Gasteiger partial charge in [0.15, 0.2) is 6.10 Å². The minimum absolute atomic E-state index is 0.140. The zero-order valence-corrected chi connectivity index (χ0v) is 51.0. The highest BCUT2D eigenvalue weighted by Crippen LogP contribution is 2.43. The summed E-state index contributed by atoms with van der Waals surface area (Å²) in [7, 11) is -4.76. The molecule has 12 heteroatoms. The van der Waals surface area contributed by atoms with Gasteiger partial charge in [-0.25, -0.2) is 4.57 Å². The van der Waals surface area contributed by atoms with Crippen molar-refractivity contribution in [2.24, 2.45) is 0 Å². The number of esters is 3. The number of allylic oxidation sites excluding steroid dienone is 12. The van der Waals surface area contributed by atoms with Crippen LogP contribution in [0.5, 0.6) is 0 Å². The number of hydrogen-bond acceptors (Lipinski definition) is 10. The van der Waals surface area contributed by atoms with Crippen LogP contribution in [0.4, 0.5) is 0 Å². The molecule has 11 nitrogen and oxygen atoms in total. The predicted octanol–water partition coefficient (Wildman–Crippen LogP) is 19.3. The van der Waals surface area contributed by atoms with Crippen LogP contribution in [0.3, 0.4) is 0 Å². The van der Waals surface area contributed by atoms with Crippen LogP contribution in [-0.2, 0) is 42.2 Å². The lowest BCUT2D eigenvalue weighted by Gasteiger charge is -2.21. The van der Waals surface area contributed by atoms with E-state index in [9.17, 15) is 28.9 Å². The molecule has 0 radical (unpaired) electrons. The van der Waals surface area contributed by atoms with Crippen molar-refractivity contribution in [1.82, 2.24) is 0 Å². The van der Waals surface area contributed by atoms with Gasteiger partial charge in [0.05, 0.1) is 19.8 Å². The smallest absolute Gasteiger partial charge is 0.462 e. The van der Waals surface area contributed by atoms with Crippen molar-refractivity contribution in [1.29, 1.82) is 0 Å². The Morgan fingerprint density at radius 3 is 1.06 bits per heavy atom. The number of carbonyl (C=O) groups excluding carboxylic acids is 3. The van der Waals surface area contributed by atoms with Crippen LogP contribution in [0.25, 0.3) is 0 Å². The minimum Gasteiger partial charge on any atom is -0.462 e. The van der Waals surface area contributed by atoms with Gasteiger partial charge in [-0.2, -0.15) is 0 Å². The van der Waals surface area contributed by atoms with E-state index in [0.29, 0.717) is 19.3 Å². The Morgan fingerprint density at radius 1 is 0.372 bits per heavy atom. The molecular formula is C66H117O11P. The van der Waals surface area contributed by atoms with Crippen LogP contribution < -0.4 is 0 Å². The maximum absolute atomic E-state index is 13.0. The average molecular weight is 1120 g/mol. The molecule has 0 bridgehead atoms. The number of rotatable bonds is 59. The molecule has 0 aliphatic rings. The molecule has 0 fully saturated rings. The number of ether oxygens (including phenoxy) is 3. The highest BCUT2D eigenvalue weighted by atomic mass is 31.2. The molecule has 3 atom stereocenters. The van der Waals surface area contributed by atoms with Crippen molar-refractivity contribution in [3.8, 4) is 0 Å². The first-order valence-electron chi connectivity index (χ1n) is 31.8. The van der Waals surface area contributed by atoms with Gasteiger partial charge < -0.3 is 24.2 Å². The van der Waals surface area contributed by atoms with Gasteiger partial charge in [-0.15, -0.1) is 0 Å². The molecule has 452 valence electrons. The van der Waals surface area contributed by atoms with Gasteiger partial charge in [0.1, 0.15) is 12.7 Å². The molecule has 0 saturated heterocycles. The second-order valence-electron chi connectivity index (χ2n) is 21.2. The Bertz CT molecular complexity index is 1590. The molecule has 0 saturated carbocycles. The second-order valence-corrected chi connectivity index (χ2v) is 22.7. The molecule has 0 spiro atoms. The number of phosphoric acid groups is 1. The molecular weight excluding hydrogens is 1000 g/mol. The Hall–Kier alpha value is -3.08. The van der Waals surface area contributed by atoms with E-state index < -0.39 is 57.8 Å². The SMILES string of the molecule is CC/C=C\C/C=C\C/C=C\CCCCCC(=O)OC(CO)COP(=O)(O)OCC(COC(=O)CCCCCCCC/C=C\C/C=C\C/C=C\CCCCC)OC(=O)CCCCCCCCCCCCCCCCCCCCC. The Labute approximate surface area is 478 Å². The van der Waals surface area contributed by atoms with Crippen molar-refractivity contribution >= 4 is 25.7 Å². The maximum Gasteiger partial charge on any atom is 0.472 e. The Balaban J connectivity index is 4.73. The molecule has 0 rings (SSSR count). The molecule has 0 aromatic heterocycles. The van der Waals surface area contributed by atoms with E-state index in [1.54, 1.807) is 0 Å². The number of aliphatic hydroxyl groups excluding tert-OH is 1. The number of phosphoric ester groups is 1. The lowest BCUT2D eigenvalue weighted by molar-refractivity contribution is -0.161. The van der Waals surface area contributed by atoms with Gasteiger partial charge in [-0.1, -0.05) is 254 Å². The van der Waals surface area contributed by atoms with Crippen LogP contribution in [0.15, 0.2) is 72.9 Å². The summed E-state index contributed by atoms with van der Waals surface area (Å²) in [5, 5.41) is 9.82. The van der Waals surface area contributed by atoms with Gasteiger partial charge >= 0.3 is 25.7 Å². The lowest BCUT2D eigenvalue weighted by atomic mass is 10.0. The summed E-state index contributed by atoms with van der Waals surface area (Å²) in [6.45, 7) is 4.50. The van der Waals surface area contributed by atoms with Gasteiger partial charge in [-0.3, -0.25) is 23.4 Å². The van der Waals surface area contributed by atoms with Crippen LogP contribution in [0.1, 0.15) is 290 Å². The fraction of sp³-hybridized carbons (Fsp3) is 0.773. The van der Waals surface area contributed by atoms with Gasteiger partial charge in [0, 0.05) is 19.3 Å². The lowest BCUT2D eigenvalue weighted by Crippen LogP contribution is -2.30. The van der Waals surface area contributed by atoms with Crippen molar-refractivity contribution in [2.75, 3.05) is 26.4 Å². The zero-order valence-electron chi connectivity index (χ0n) is 50.1. The van der Waals surface area contributed by atoms with Crippen LogP contribution in [-0.4, -0.2) is 66.5 Å². The number of aliphatic hydroxyl groups is 1. The van der Waals surface area contributed by atoms with Crippen molar-refractivity contribution in [3.63, 3.8) is 0 Å². The van der Waals surface area contributed by atoms with Crippen LogP contribution in [0, 0.1) is 0 Å². The van der Waals surface area contributed by atoms with Crippen LogP contribution in [0.2, 0.25) is 0 Å².